The van der Waals surface area contributed by atoms with E-state index in [1.165, 1.54) is 31.6 Å². The first-order valence-electron chi connectivity index (χ1n) is 11.6. The van der Waals surface area contributed by atoms with Gasteiger partial charge in [0.25, 0.3) is 0 Å². The fourth-order valence-electron chi connectivity index (χ4n) is 3.93. The third kappa shape index (κ3) is 7.95. The highest BCUT2D eigenvalue weighted by Gasteiger charge is 2.16. The first-order valence-corrected chi connectivity index (χ1v) is 11.6. The van der Waals surface area contributed by atoms with Crippen molar-refractivity contribution in [3.8, 4) is 0 Å². The van der Waals surface area contributed by atoms with Crippen molar-refractivity contribution in [1.29, 1.82) is 0 Å². The lowest BCUT2D eigenvalue weighted by Gasteiger charge is -2.34. The van der Waals surface area contributed by atoms with Crippen molar-refractivity contribution in [3.63, 3.8) is 0 Å². The molecule has 0 saturated carbocycles. The zero-order valence-corrected chi connectivity index (χ0v) is 19.1. The quantitative estimate of drug-likeness (QED) is 0.323. The van der Waals surface area contributed by atoms with E-state index in [-0.39, 0.29) is 0 Å². The second-order valence-electron chi connectivity index (χ2n) is 8.03. The van der Waals surface area contributed by atoms with Crippen molar-refractivity contribution in [2.24, 2.45) is 4.99 Å². The molecule has 8 nitrogen and oxygen atoms in total. The summed E-state index contributed by atoms with van der Waals surface area (Å²) in [4.78, 5) is 9.48. The molecule has 0 aliphatic carbocycles. The Morgan fingerprint density at radius 1 is 0.968 bits per heavy atom. The van der Waals surface area contributed by atoms with Crippen molar-refractivity contribution in [1.82, 2.24) is 35.2 Å². The van der Waals surface area contributed by atoms with Crippen LogP contribution in [0.1, 0.15) is 31.2 Å². The number of aliphatic imine (C=N–C) groups is 1. The van der Waals surface area contributed by atoms with Crippen LogP contribution >= 0.6 is 0 Å². The second-order valence-corrected chi connectivity index (χ2v) is 8.03. The molecule has 2 aromatic rings. The normalized spacial score (nSPS) is 15.9. The number of guanidine groups is 1. The van der Waals surface area contributed by atoms with E-state index in [0.717, 1.165) is 63.9 Å². The van der Waals surface area contributed by atoms with Crippen molar-refractivity contribution in [2.75, 3.05) is 52.9 Å². The highest BCUT2D eigenvalue weighted by atomic mass is 15.3. The molecule has 8 heteroatoms. The predicted molar refractivity (Wildman–Crippen MR) is 126 cm³/mol. The average molecular weight is 427 g/mol. The molecule has 0 bridgehead atoms. The van der Waals surface area contributed by atoms with Crippen LogP contribution in [-0.4, -0.2) is 83.4 Å². The Hall–Kier alpha value is -2.45. The molecule has 2 N–H and O–H groups in total. The monoisotopic (exact) mass is 426 g/mol. The predicted octanol–water partition coefficient (Wildman–Crippen LogP) is 1.60. The Labute approximate surface area is 186 Å². The number of nitrogens with one attached hydrogen (secondary N) is 2. The Morgan fingerprint density at radius 3 is 2.45 bits per heavy atom. The first-order chi connectivity index (χ1) is 15.3. The Kier molecular flexibility index (Phi) is 9.79. The number of nitrogens with zero attached hydrogens (tertiary/aromatic N) is 6. The summed E-state index contributed by atoms with van der Waals surface area (Å²) in [5, 5.41) is 14.9. The van der Waals surface area contributed by atoms with E-state index in [1.54, 1.807) is 6.33 Å². The SMILES string of the molecule is CCc1nncn1CCNC(=NC)NCCCCN1CCN(Cc2ccccc2)CC1. The average Bonchev–Trinajstić information content (AvgIpc) is 3.27. The summed E-state index contributed by atoms with van der Waals surface area (Å²) in [6.07, 6.45) is 5.05. The van der Waals surface area contributed by atoms with Gasteiger partial charge in [-0.15, -0.1) is 10.2 Å². The van der Waals surface area contributed by atoms with E-state index in [2.05, 4.69) is 77.4 Å². The van der Waals surface area contributed by atoms with Gasteiger partial charge in [-0.25, -0.2) is 0 Å². The summed E-state index contributed by atoms with van der Waals surface area (Å²) in [6.45, 7) is 11.6. The summed E-state index contributed by atoms with van der Waals surface area (Å²) in [6, 6.07) is 10.8. The molecule has 170 valence electrons. The third-order valence-corrected chi connectivity index (χ3v) is 5.79. The molecule has 1 aromatic carbocycles. The minimum atomic E-state index is 0.804. The topological polar surface area (TPSA) is 73.6 Å². The highest BCUT2D eigenvalue weighted by molar-refractivity contribution is 5.79. The summed E-state index contributed by atoms with van der Waals surface area (Å²) >= 11 is 0. The van der Waals surface area contributed by atoms with Gasteiger partial charge >= 0.3 is 0 Å². The number of hydrogen-bond donors (Lipinski definition) is 2. The summed E-state index contributed by atoms with van der Waals surface area (Å²) in [5.41, 5.74) is 1.41. The molecule has 2 heterocycles. The van der Waals surface area contributed by atoms with Crippen molar-refractivity contribution in [3.05, 3.63) is 48.0 Å². The van der Waals surface area contributed by atoms with Crippen LogP contribution < -0.4 is 10.6 Å². The van der Waals surface area contributed by atoms with Gasteiger partial charge in [0.1, 0.15) is 12.2 Å². The standard InChI is InChI=1S/C23H38N8/c1-3-22-28-27-20-31(22)14-12-26-23(24-2)25-11-7-8-13-29-15-17-30(18-16-29)19-21-9-5-4-6-10-21/h4-6,9-10,20H,3,7-8,11-19H2,1-2H3,(H2,24,25,26). The number of piperazine rings is 1. The minimum Gasteiger partial charge on any atom is -0.356 e. The largest absolute Gasteiger partial charge is 0.356 e. The highest BCUT2D eigenvalue weighted by Crippen LogP contribution is 2.09. The van der Waals surface area contributed by atoms with E-state index in [0.29, 0.717) is 0 Å². The summed E-state index contributed by atoms with van der Waals surface area (Å²) in [5.74, 6) is 1.88. The lowest BCUT2D eigenvalue weighted by Crippen LogP contribution is -2.46. The van der Waals surface area contributed by atoms with Gasteiger partial charge in [0.2, 0.25) is 0 Å². The van der Waals surface area contributed by atoms with Crippen LogP contribution in [0.3, 0.4) is 0 Å². The molecular weight excluding hydrogens is 388 g/mol. The summed E-state index contributed by atoms with van der Waals surface area (Å²) < 4.78 is 2.08. The molecule has 0 spiro atoms. The smallest absolute Gasteiger partial charge is 0.191 e. The maximum atomic E-state index is 4.32. The Bertz CT molecular complexity index is 765. The van der Waals surface area contributed by atoms with Gasteiger partial charge in [-0.2, -0.15) is 0 Å². The van der Waals surface area contributed by atoms with E-state index in [1.807, 2.05) is 7.05 Å². The molecule has 1 fully saturated rings. The Morgan fingerprint density at radius 2 is 1.71 bits per heavy atom. The number of unbranched alkanes of at least 4 members (excludes halogenated alkanes) is 1. The number of benzene rings is 1. The van der Waals surface area contributed by atoms with Gasteiger partial charge in [0.05, 0.1) is 0 Å². The van der Waals surface area contributed by atoms with Gasteiger partial charge < -0.3 is 20.1 Å². The molecule has 1 saturated heterocycles. The molecule has 0 amide bonds. The second kappa shape index (κ2) is 13.1. The molecule has 1 aliphatic heterocycles. The zero-order valence-electron chi connectivity index (χ0n) is 19.1. The molecule has 3 rings (SSSR count). The number of aromatic nitrogens is 3. The number of hydrogen-bond acceptors (Lipinski definition) is 5. The van der Waals surface area contributed by atoms with Gasteiger partial charge in [0, 0.05) is 65.8 Å². The van der Waals surface area contributed by atoms with Crippen LogP contribution in [0, 0.1) is 0 Å². The van der Waals surface area contributed by atoms with E-state index < -0.39 is 0 Å². The first kappa shape index (κ1) is 23.2. The van der Waals surface area contributed by atoms with Crippen LogP contribution in [0.25, 0.3) is 0 Å². The van der Waals surface area contributed by atoms with Crippen molar-refractivity contribution >= 4 is 5.96 Å². The lowest BCUT2D eigenvalue weighted by molar-refractivity contribution is 0.126. The maximum Gasteiger partial charge on any atom is 0.191 e. The van der Waals surface area contributed by atoms with Crippen LogP contribution in [-0.2, 0) is 19.5 Å². The van der Waals surface area contributed by atoms with Crippen LogP contribution in [0.15, 0.2) is 41.7 Å². The van der Waals surface area contributed by atoms with E-state index in [4.69, 9.17) is 0 Å². The summed E-state index contributed by atoms with van der Waals surface area (Å²) in [7, 11) is 1.82. The van der Waals surface area contributed by atoms with E-state index >= 15 is 0 Å². The minimum absolute atomic E-state index is 0.804. The van der Waals surface area contributed by atoms with Crippen molar-refractivity contribution in [2.45, 2.75) is 39.3 Å². The van der Waals surface area contributed by atoms with Gasteiger partial charge in [0.15, 0.2) is 5.96 Å². The van der Waals surface area contributed by atoms with Gasteiger partial charge in [-0.05, 0) is 24.9 Å². The molecule has 1 aromatic heterocycles. The van der Waals surface area contributed by atoms with Gasteiger partial charge in [-0.3, -0.25) is 9.89 Å². The molecule has 1 aliphatic rings. The maximum absolute atomic E-state index is 4.32. The molecular formula is C23H38N8. The van der Waals surface area contributed by atoms with E-state index in [9.17, 15) is 0 Å². The van der Waals surface area contributed by atoms with Crippen LogP contribution in [0.5, 0.6) is 0 Å². The third-order valence-electron chi connectivity index (χ3n) is 5.79. The molecule has 31 heavy (non-hydrogen) atoms. The molecule has 0 atom stereocenters. The fourth-order valence-corrected chi connectivity index (χ4v) is 3.93. The Balaban J connectivity index is 1.22. The van der Waals surface area contributed by atoms with Gasteiger partial charge in [-0.1, -0.05) is 37.3 Å². The molecule has 0 radical (unpaired) electrons. The zero-order chi connectivity index (χ0) is 21.7. The number of aryl methyl sites for hydroxylation is 1. The fraction of sp³-hybridized carbons (Fsp3) is 0.609. The number of rotatable bonds is 11. The lowest BCUT2D eigenvalue weighted by atomic mass is 10.2. The molecule has 0 unspecified atom stereocenters. The van der Waals surface area contributed by atoms with Crippen LogP contribution in [0.2, 0.25) is 0 Å². The van der Waals surface area contributed by atoms with Crippen LogP contribution in [0.4, 0.5) is 0 Å². The van der Waals surface area contributed by atoms with Crippen molar-refractivity contribution < 1.29 is 0 Å².